The molecule has 6 heteroatoms. The van der Waals surface area contributed by atoms with Gasteiger partial charge in [-0.25, -0.2) is 4.79 Å². The highest BCUT2D eigenvalue weighted by Crippen LogP contribution is 2.27. The van der Waals surface area contributed by atoms with Gasteiger partial charge in [0.25, 0.3) is 0 Å². The SMILES string of the molecule is COc1cccc(C#N)c1NCCNC(=O)OC(C)(C)C. The number of carbonyl (C=O) groups excluding carboxylic acids is 1. The van der Waals surface area contributed by atoms with E-state index in [2.05, 4.69) is 16.7 Å². The molecule has 0 aliphatic heterocycles. The number of para-hydroxylation sites is 1. The van der Waals surface area contributed by atoms with Crippen LogP contribution in [0.15, 0.2) is 18.2 Å². The smallest absolute Gasteiger partial charge is 0.407 e. The van der Waals surface area contributed by atoms with Crippen LogP contribution in [-0.4, -0.2) is 31.9 Å². The van der Waals surface area contributed by atoms with E-state index in [1.165, 1.54) is 0 Å². The number of benzene rings is 1. The summed E-state index contributed by atoms with van der Waals surface area (Å²) in [6.45, 7) is 6.24. The van der Waals surface area contributed by atoms with Crippen LogP contribution in [0, 0.1) is 11.3 Å². The van der Waals surface area contributed by atoms with Crippen molar-refractivity contribution in [2.75, 3.05) is 25.5 Å². The molecule has 0 fully saturated rings. The van der Waals surface area contributed by atoms with Crippen LogP contribution in [0.3, 0.4) is 0 Å². The highest BCUT2D eigenvalue weighted by molar-refractivity contribution is 5.68. The van der Waals surface area contributed by atoms with Crippen molar-refractivity contribution in [3.8, 4) is 11.8 Å². The van der Waals surface area contributed by atoms with E-state index in [9.17, 15) is 4.79 Å². The molecule has 0 atom stereocenters. The summed E-state index contributed by atoms with van der Waals surface area (Å²) < 4.78 is 10.3. The van der Waals surface area contributed by atoms with E-state index in [1.807, 2.05) is 0 Å². The van der Waals surface area contributed by atoms with Gasteiger partial charge in [-0.2, -0.15) is 5.26 Å². The first kappa shape index (κ1) is 16.6. The fourth-order valence-electron chi connectivity index (χ4n) is 1.64. The fraction of sp³-hybridized carbons (Fsp3) is 0.467. The highest BCUT2D eigenvalue weighted by Gasteiger charge is 2.15. The number of nitrogens with zero attached hydrogens (tertiary/aromatic N) is 1. The van der Waals surface area contributed by atoms with Crippen LogP contribution in [0.1, 0.15) is 26.3 Å². The van der Waals surface area contributed by atoms with Crippen molar-refractivity contribution in [2.24, 2.45) is 0 Å². The molecule has 21 heavy (non-hydrogen) atoms. The standard InChI is InChI=1S/C15H21N3O3/c1-15(2,3)21-14(19)18-9-8-17-13-11(10-16)6-5-7-12(13)20-4/h5-7,17H,8-9H2,1-4H3,(H,18,19). The minimum absolute atomic E-state index is 0.373. The summed E-state index contributed by atoms with van der Waals surface area (Å²) in [5.74, 6) is 0.589. The van der Waals surface area contributed by atoms with E-state index in [0.717, 1.165) is 0 Å². The second kappa shape index (κ2) is 7.39. The normalized spacial score (nSPS) is 10.4. The molecule has 0 heterocycles. The first-order valence-electron chi connectivity index (χ1n) is 6.65. The van der Waals surface area contributed by atoms with Gasteiger partial charge < -0.3 is 20.1 Å². The molecule has 6 nitrogen and oxygen atoms in total. The third-order valence-electron chi connectivity index (χ3n) is 2.46. The third-order valence-corrected chi connectivity index (χ3v) is 2.46. The molecule has 0 bridgehead atoms. The van der Waals surface area contributed by atoms with Gasteiger partial charge in [0, 0.05) is 13.1 Å². The Morgan fingerprint density at radius 1 is 1.33 bits per heavy atom. The van der Waals surface area contributed by atoms with E-state index in [-0.39, 0.29) is 0 Å². The van der Waals surface area contributed by atoms with Gasteiger partial charge >= 0.3 is 6.09 Å². The quantitative estimate of drug-likeness (QED) is 0.814. The summed E-state index contributed by atoms with van der Waals surface area (Å²) in [4.78, 5) is 11.5. The molecule has 0 spiro atoms. The maximum absolute atomic E-state index is 11.5. The number of ether oxygens (including phenoxy) is 2. The Morgan fingerprint density at radius 3 is 2.62 bits per heavy atom. The molecule has 0 saturated carbocycles. The first-order chi connectivity index (χ1) is 9.87. The van der Waals surface area contributed by atoms with Crippen molar-refractivity contribution in [2.45, 2.75) is 26.4 Å². The van der Waals surface area contributed by atoms with Crippen molar-refractivity contribution < 1.29 is 14.3 Å². The number of carbonyl (C=O) groups is 1. The summed E-state index contributed by atoms with van der Waals surface area (Å²) in [6, 6.07) is 7.32. The highest BCUT2D eigenvalue weighted by atomic mass is 16.6. The Kier molecular flexibility index (Phi) is 5.85. The largest absolute Gasteiger partial charge is 0.495 e. The molecule has 1 aromatic rings. The number of hydrogen-bond donors (Lipinski definition) is 2. The Labute approximate surface area is 125 Å². The lowest BCUT2D eigenvalue weighted by Gasteiger charge is -2.20. The number of nitriles is 1. The van der Waals surface area contributed by atoms with Crippen molar-refractivity contribution in [3.05, 3.63) is 23.8 Å². The van der Waals surface area contributed by atoms with Gasteiger partial charge in [0.2, 0.25) is 0 Å². The second-order valence-electron chi connectivity index (χ2n) is 5.35. The van der Waals surface area contributed by atoms with Crippen LogP contribution in [0.4, 0.5) is 10.5 Å². The van der Waals surface area contributed by atoms with Crippen LogP contribution < -0.4 is 15.4 Å². The van der Waals surface area contributed by atoms with E-state index in [1.54, 1.807) is 46.1 Å². The molecule has 0 radical (unpaired) electrons. The van der Waals surface area contributed by atoms with Gasteiger partial charge in [-0.1, -0.05) is 6.07 Å². The average Bonchev–Trinajstić information content (AvgIpc) is 2.41. The van der Waals surface area contributed by atoms with Gasteiger partial charge in [-0.05, 0) is 32.9 Å². The summed E-state index contributed by atoms with van der Waals surface area (Å²) in [6.07, 6.45) is -0.468. The van der Waals surface area contributed by atoms with E-state index in [4.69, 9.17) is 14.7 Å². The molecule has 0 aromatic heterocycles. The molecule has 114 valence electrons. The molecule has 1 rings (SSSR count). The lowest BCUT2D eigenvalue weighted by molar-refractivity contribution is 0.0530. The van der Waals surface area contributed by atoms with Crippen molar-refractivity contribution in [1.82, 2.24) is 5.32 Å². The van der Waals surface area contributed by atoms with Crippen LogP contribution >= 0.6 is 0 Å². The van der Waals surface area contributed by atoms with Crippen LogP contribution in [0.2, 0.25) is 0 Å². The van der Waals surface area contributed by atoms with E-state index >= 15 is 0 Å². The van der Waals surface area contributed by atoms with Gasteiger partial charge in [-0.3, -0.25) is 0 Å². The predicted molar refractivity (Wildman–Crippen MR) is 80.4 cm³/mol. The van der Waals surface area contributed by atoms with E-state index < -0.39 is 11.7 Å². The third kappa shape index (κ3) is 5.61. The second-order valence-corrected chi connectivity index (χ2v) is 5.35. The predicted octanol–water partition coefficient (Wildman–Crippen LogP) is 2.50. The topological polar surface area (TPSA) is 83.4 Å². The molecule has 0 saturated heterocycles. The van der Waals surface area contributed by atoms with Crippen molar-refractivity contribution in [1.29, 1.82) is 5.26 Å². The molecule has 0 aliphatic carbocycles. The molecule has 0 aliphatic rings. The fourth-order valence-corrected chi connectivity index (χ4v) is 1.64. The molecule has 0 unspecified atom stereocenters. The number of anilines is 1. The zero-order valence-corrected chi connectivity index (χ0v) is 12.8. The Balaban J connectivity index is 2.50. The lowest BCUT2D eigenvalue weighted by Crippen LogP contribution is -2.35. The minimum atomic E-state index is -0.520. The van der Waals surface area contributed by atoms with Crippen molar-refractivity contribution >= 4 is 11.8 Å². The summed E-state index contributed by atoms with van der Waals surface area (Å²) in [5.41, 5.74) is 0.592. The first-order valence-corrected chi connectivity index (χ1v) is 6.65. The van der Waals surface area contributed by atoms with Crippen LogP contribution in [-0.2, 0) is 4.74 Å². The lowest BCUT2D eigenvalue weighted by atomic mass is 10.2. The summed E-state index contributed by atoms with van der Waals surface area (Å²) in [5, 5.41) is 14.8. The maximum Gasteiger partial charge on any atom is 0.407 e. The number of methoxy groups -OCH3 is 1. The molecular formula is C15H21N3O3. The van der Waals surface area contributed by atoms with Crippen molar-refractivity contribution in [3.63, 3.8) is 0 Å². The molecule has 2 N–H and O–H groups in total. The zero-order valence-electron chi connectivity index (χ0n) is 12.8. The average molecular weight is 291 g/mol. The maximum atomic E-state index is 11.5. The Morgan fingerprint density at radius 2 is 2.05 bits per heavy atom. The van der Waals surface area contributed by atoms with Gasteiger partial charge in [-0.15, -0.1) is 0 Å². The Bertz CT molecular complexity index is 530. The van der Waals surface area contributed by atoms with Gasteiger partial charge in [0.05, 0.1) is 18.4 Å². The summed E-state index contributed by atoms with van der Waals surface area (Å²) >= 11 is 0. The number of rotatable bonds is 5. The van der Waals surface area contributed by atoms with Gasteiger partial charge in [0.1, 0.15) is 17.4 Å². The molecule has 1 amide bonds. The Hall–Kier alpha value is -2.42. The number of alkyl carbamates (subject to hydrolysis) is 1. The minimum Gasteiger partial charge on any atom is -0.495 e. The number of amides is 1. The summed E-state index contributed by atoms with van der Waals surface area (Å²) in [7, 11) is 1.54. The zero-order chi connectivity index (χ0) is 15.9. The molecule has 1 aromatic carbocycles. The monoisotopic (exact) mass is 291 g/mol. The van der Waals surface area contributed by atoms with E-state index in [0.29, 0.717) is 30.1 Å². The van der Waals surface area contributed by atoms with Crippen LogP contribution in [0.5, 0.6) is 5.75 Å². The number of nitrogens with one attached hydrogen (secondary N) is 2. The molecular weight excluding hydrogens is 270 g/mol. The van der Waals surface area contributed by atoms with Gasteiger partial charge in [0.15, 0.2) is 0 Å². The number of hydrogen-bond acceptors (Lipinski definition) is 5. The van der Waals surface area contributed by atoms with Crippen LogP contribution in [0.25, 0.3) is 0 Å².